The zero-order chi connectivity index (χ0) is 11.3. The van der Waals surface area contributed by atoms with Crippen LogP contribution in [0.5, 0.6) is 0 Å². The minimum absolute atomic E-state index is 0.0511. The number of carbonyl (C=O) groups is 1. The van der Waals surface area contributed by atoms with Crippen LogP contribution in [0, 0.1) is 0 Å². The lowest BCUT2D eigenvalue weighted by atomic mass is 9.81. The number of amides is 1. The van der Waals surface area contributed by atoms with E-state index in [0.717, 1.165) is 25.7 Å². The quantitative estimate of drug-likeness (QED) is 0.727. The molecule has 0 aromatic rings. The molecule has 88 valence electrons. The van der Waals surface area contributed by atoms with E-state index >= 15 is 0 Å². The van der Waals surface area contributed by atoms with Gasteiger partial charge in [0.25, 0.3) is 0 Å². The van der Waals surface area contributed by atoms with Crippen molar-refractivity contribution < 1.29 is 9.53 Å². The Morgan fingerprint density at radius 3 is 2.53 bits per heavy atom. The molecule has 4 heteroatoms. The minimum atomic E-state index is -0.393. The van der Waals surface area contributed by atoms with Crippen LogP contribution in [0.2, 0.25) is 0 Å². The standard InChI is InChI=1S/C11H22N2O2/c1-9(15-2)10(14)13-11(8-12)6-4-3-5-7-11/h9H,3-8,12H2,1-2H3,(H,13,14). The molecule has 0 aromatic heterocycles. The summed E-state index contributed by atoms with van der Waals surface area (Å²) in [6.45, 7) is 2.28. The second-order valence-corrected chi connectivity index (χ2v) is 4.41. The van der Waals surface area contributed by atoms with Gasteiger partial charge in [0.05, 0.1) is 5.54 Å². The average molecular weight is 214 g/mol. The molecular weight excluding hydrogens is 192 g/mol. The lowest BCUT2D eigenvalue weighted by Crippen LogP contribution is -2.56. The van der Waals surface area contributed by atoms with Crippen LogP contribution < -0.4 is 11.1 Å². The zero-order valence-corrected chi connectivity index (χ0v) is 9.71. The fourth-order valence-electron chi connectivity index (χ4n) is 2.08. The van der Waals surface area contributed by atoms with E-state index < -0.39 is 6.10 Å². The minimum Gasteiger partial charge on any atom is -0.372 e. The van der Waals surface area contributed by atoms with Crippen LogP contribution in [0.15, 0.2) is 0 Å². The van der Waals surface area contributed by atoms with Crippen LogP contribution in [0.25, 0.3) is 0 Å². The van der Waals surface area contributed by atoms with Gasteiger partial charge in [-0.1, -0.05) is 19.3 Å². The largest absolute Gasteiger partial charge is 0.372 e. The summed E-state index contributed by atoms with van der Waals surface area (Å²) in [5.74, 6) is -0.0511. The average Bonchev–Trinajstić information content (AvgIpc) is 2.29. The van der Waals surface area contributed by atoms with Crippen molar-refractivity contribution in [3.8, 4) is 0 Å². The van der Waals surface area contributed by atoms with Crippen LogP contribution in [0.4, 0.5) is 0 Å². The Balaban J connectivity index is 2.55. The molecule has 1 amide bonds. The third kappa shape index (κ3) is 3.18. The lowest BCUT2D eigenvalue weighted by Gasteiger charge is -2.37. The molecule has 0 aromatic carbocycles. The summed E-state index contributed by atoms with van der Waals surface area (Å²) < 4.78 is 4.99. The van der Waals surface area contributed by atoms with Gasteiger partial charge >= 0.3 is 0 Å². The third-order valence-electron chi connectivity index (χ3n) is 3.31. The molecule has 0 saturated heterocycles. The molecule has 3 N–H and O–H groups in total. The number of hydrogen-bond acceptors (Lipinski definition) is 3. The van der Waals surface area contributed by atoms with Gasteiger partial charge < -0.3 is 15.8 Å². The molecule has 1 rings (SSSR count). The van der Waals surface area contributed by atoms with E-state index in [-0.39, 0.29) is 11.4 Å². The summed E-state index contributed by atoms with van der Waals surface area (Å²) in [6, 6.07) is 0. The Morgan fingerprint density at radius 2 is 2.07 bits per heavy atom. The Kier molecular flexibility index (Phi) is 4.54. The van der Waals surface area contributed by atoms with Gasteiger partial charge in [0.2, 0.25) is 5.91 Å². The zero-order valence-electron chi connectivity index (χ0n) is 9.71. The fraction of sp³-hybridized carbons (Fsp3) is 0.909. The van der Waals surface area contributed by atoms with Crippen LogP contribution in [0.1, 0.15) is 39.0 Å². The first-order chi connectivity index (χ1) is 7.13. The van der Waals surface area contributed by atoms with E-state index in [1.165, 1.54) is 6.42 Å². The predicted octanol–water partition coefficient (Wildman–Crippen LogP) is 0.799. The number of ether oxygens (including phenoxy) is 1. The summed E-state index contributed by atoms with van der Waals surface area (Å²) in [6.07, 6.45) is 5.14. The van der Waals surface area contributed by atoms with Gasteiger partial charge in [0.1, 0.15) is 6.10 Å². The van der Waals surface area contributed by atoms with Crippen molar-refractivity contribution in [2.24, 2.45) is 5.73 Å². The summed E-state index contributed by atoms with van der Waals surface area (Å²) in [4.78, 5) is 11.7. The van der Waals surface area contributed by atoms with Crippen molar-refractivity contribution >= 4 is 5.91 Å². The molecule has 1 aliphatic carbocycles. The second-order valence-electron chi connectivity index (χ2n) is 4.41. The van der Waals surface area contributed by atoms with Gasteiger partial charge in [-0.25, -0.2) is 0 Å². The molecule has 0 heterocycles. The Morgan fingerprint density at radius 1 is 1.47 bits per heavy atom. The first-order valence-corrected chi connectivity index (χ1v) is 5.68. The third-order valence-corrected chi connectivity index (χ3v) is 3.31. The highest BCUT2D eigenvalue weighted by Crippen LogP contribution is 2.27. The summed E-state index contributed by atoms with van der Waals surface area (Å²) in [5.41, 5.74) is 5.59. The van der Waals surface area contributed by atoms with Crippen molar-refractivity contribution in [2.45, 2.75) is 50.7 Å². The van der Waals surface area contributed by atoms with Crippen molar-refractivity contribution in [3.63, 3.8) is 0 Å². The van der Waals surface area contributed by atoms with E-state index in [1.54, 1.807) is 14.0 Å². The van der Waals surface area contributed by atoms with Crippen LogP contribution in [0.3, 0.4) is 0 Å². The summed E-state index contributed by atoms with van der Waals surface area (Å²) in [7, 11) is 1.54. The van der Waals surface area contributed by atoms with Crippen molar-refractivity contribution in [1.82, 2.24) is 5.32 Å². The smallest absolute Gasteiger partial charge is 0.249 e. The van der Waals surface area contributed by atoms with Crippen LogP contribution in [-0.4, -0.2) is 31.2 Å². The SMILES string of the molecule is COC(C)C(=O)NC1(CN)CCCCC1. The number of hydrogen-bond donors (Lipinski definition) is 2. The van der Waals surface area contributed by atoms with Crippen molar-refractivity contribution in [1.29, 1.82) is 0 Å². The normalized spacial score (nSPS) is 22.1. The highest BCUT2D eigenvalue weighted by atomic mass is 16.5. The maximum Gasteiger partial charge on any atom is 0.249 e. The number of nitrogens with one attached hydrogen (secondary N) is 1. The van der Waals surface area contributed by atoms with E-state index in [2.05, 4.69) is 5.32 Å². The summed E-state index contributed by atoms with van der Waals surface area (Å²) >= 11 is 0. The fourth-order valence-corrected chi connectivity index (χ4v) is 2.08. The van der Waals surface area contributed by atoms with E-state index in [4.69, 9.17) is 10.5 Å². The molecule has 0 radical (unpaired) electrons. The molecule has 1 unspecified atom stereocenters. The number of methoxy groups -OCH3 is 1. The molecule has 1 aliphatic rings. The monoisotopic (exact) mass is 214 g/mol. The van der Waals surface area contributed by atoms with Gasteiger partial charge in [0, 0.05) is 13.7 Å². The molecule has 15 heavy (non-hydrogen) atoms. The molecular formula is C11H22N2O2. The molecule has 0 spiro atoms. The molecule has 1 fully saturated rings. The first kappa shape index (κ1) is 12.5. The Labute approximate surface area is 91.5 Å². The predicted molar refractivity (Wildman–Crippen MR) is 59.5 cm³/mol. The Bertz CT molecular complexity index is 213. The molecule has 1 atom stereocenters. The summed E-state index contributed by atoms with van der Waals surface area (Å²) in [5, 5.41) is 3.04. The number of rotatable bonds is 4. The molecule has 0 aliphatic heterocycles. The van der Waals surface area contributed by atoms with E-state index in [0.29, 0.717) is 6.54 Å². The first-order valence-electron chi connectivity index (χ1n) is 5.68. The molecule has 4 nitrogen and oxygen atoms in total. The van der Waals surface area contributed by atoms with E-state index in [1.807, 2.05) is 0 Å². The van der Waals surface area contributed by atoms with Crippen molar-refractivity contribution in [2.75, 3.05) is 13.7 Å². The van der Waals surface area contributed by atoms with Gasteiger partial charge in [0.15, 0.2) is 0 Å². The van der Waals surface area contributed by atoms with Gasteiger partial charge in [-0.05, 0) is 19.8 Å². The number of nitrogens with two attached hydrogens (primary N) is 1. The van der Waals surface area contributed by atoms with Crippen molar-refractivity contribution in [3.05, 3.63) is 0 Å². The topological polar surface area (TPSA) is 64.3 Å². The highest BCUT2D eigenvalue weighted by molar-refractivity contribution is 5.81. The maximum atomic E-state index is 11.7. The van der Waals surface area contributed by atoms with Crippen LogP contribution >= 0.6 is 0 Å². The van der Waals surface area contributed by atoms with Gasteiger partial charge in [-0.3, -0.25) is 4.79 Å². The van der Waals surface area contributed by atoms with Gasteiger partial charge in [-0.15, -0.1) is 0 Å². The molecule has 1 saturated carbocycles. The maximum absolute atomic E-state index is 11.7. The number of carbonyl (C=O) groups excluding carboxylic acids is 1. The molecule has 0 bridgehead atoms. The van der Waals surface area contributed by atoms with E-state index in [9.17, 15) is 4.79 Å². The van der Waals surface area contributed by atoms with Gasteiger partial charge in [-0.2, -0.15) is 0 Å². The van der Waals surface area contributed by atoms with Crippen LogP contribution in [-0.2, 0) is 9.53 Å². The Hall–Kier alpha value is -0.610. The second kappa shape index (κ2) is 5.47. The highest BCUT2D eigenvalue weighted by Gasteiger charge is 2.33. The lowest BCUT2D eigenvalue weighted by molar-refractivity contribution is -0.132.